The van der Waals surface area contributed by atoms with E-state index in [1.807, 2.05) is 18.2 Å². The Kier molecular flexibility index (Phi) is 3.60. The van der Waals surface area contributed by atoms with Crippen molar-refractivity contribution < 1.29 is 14.3 Å². The Morgan fingerprint density at radius 3 is 2.77 bits per heavy atom. The van der Waals surface area contributed by atoms with Crippen molar-refractivity contribution in [3.63, 3.8) is 0 Å². The lowest BCUT2D eigenvalue weighted by molar-refractivity contribution is 0.0329. The molecular weight excluding hydrogens is 282 g/mol. The van der Waals surface area contributed by atoms with Crippen LogP contribution in [-0.2, 0) is 5.60 Å². The highest BCUT2D eigenvalue weighted by Gasteiger charge is 2.27. The minimum absolute atomic E-state index is 0.00779. The number of carbonyl (C=O) groups excluding carboxylic acids is 1. The minimum Gasteiger partial charge on any atom is -0.466 e. The number of nitrogens with one attached hydrogen (secondary N) is 1. The molecule has 1 amide bonds. The fraction of sp³-hybridized carbons (Fsp3) is 0.188. The molecule has 1 aromatic carbocycles. The van der Waals surface area contributed by atoms with Gasteiger partial charge in [-0.25, -0.2) is 4.98 Å². The second-order valence-electron chi connectivity index (χ2n) is 5.18. The van der Waals surface area contributed by atoms with Gasteiger partial charge in [0.25, 0.3) is 5.91 Å². The number of aromatic nitrogens is 2. The Morgan fingerprint density at radius 1 is 1.27 bits per heavy atom. The first-order valence-electron chi connectivity index (χ1n) is 6.83. The minimum atomic E-state index is -1.29. The first kappa shape index (κ1) is 14.2. The van der Waals surface area contributed by atoms with Gasteiger partial charge in [0.1, 0.15) is 17.1 Å². The summed E-state index contributed by atoms with van der Waals surface area (Å²) in [4.78, 5) is 20.6. The Balaban J connectivity index is 1.73. The van der Waals surface area contributed by atoms with Gasteiger partial charge in [-0.05, 0) is 31.2 Å². The maximum Gasteiger partial charge on any atom is 0.271 e. The molecule has 0 bridgehead atoms. The van der Waals surface area contributed by atoms with Crippen LogP contribution in [0.2, 0.25) is 0 Å². The molecule has 2 aromatic heterocycles. The fourth-order valence-corrected chi connectivity index (χ4v) is 2.08. The molecule has 2 heterocycles. The monoisotopic (exact) mass is 297 g/mol. The molecule has 6 nitrogen and oxygen atoms in total. The molecule has 0 aliphatic heterocycles. The number of fused-ring (bicyclic) bond motifs is 1. The van der Waals surface area contributed by atoms with E-state index < -0.39 is 11.5 Å². The zero-order chi connectivity index (χ0) is 15.6. The fourth-order valence-electron chi connectivity index (χ4n) is 2.08. The summed E-state index contributed by atoms with van der Waals surface area (Å²) >= 11 is 0. The number of nitrogens with zero attached hydrogens (tertiary/aromatic N) is 2. The zero-order valence-electron chi connectivity index (χ0n) is 12.0. The van der Waals surface area contributed by atoms with Crippen LogP contribution in [0.1, 0.15) is 23.2 Å². The molecule has 0 saturated heterocycles. The van der Waals surface area contributed by atoms with Crippen molar-refractivity contribution in [1.29, 1.82) is 0 Å². The van der Waals surface area contributed by atoms with Crippen molar-refractivity contribution in [1.82, 2.24) is 15.3 Å². The highest BCUT2D eigenvalue weighted by Crippen LogP contribution is 2.19. The molecule has 3 rings (SSSR count). The van der Waals surface area contributed by atoms with Gasteiger partial charge in [0.2, 0.25) is 0 Å². The van der Waals surface area contributed by atoms with Gasteiger partial charge in [-0.2, -0.15) is 0 Å². The second-order valence-corrected chi connectivity index (χ2v) is 5.18. The van der Waals surface area contributed by atoms with Crippen LogP contribution in [0.5, 0.6) is 0 Å². The summed E-state index contributed by atoms with van der Waals surface area (Å²) in [7, 11) is 0. The average molecular weight is 297 g/mol. The van der Waals surface area contributed by atoms with Crippen molar-refractivity contribution in [3.05, 3.63) is 60.3 Å². The van der Waals surface area contributed by atoms with Crippen molar-refractivity contribution >= 4 is 16.9 Å². The van der Waals surface area contributed by atoms with Crippen LogP contribution >= 0.6 is 0 Å². The number of hydrogen-bond donors (Lipinski definition) is 2. The van der Waals surface area contributed by atoms with E-state index >= 15 is 0 Å². The quantitative estimate of drug-likeness (QED) is 0.767. The highest BCUT2D eigenvalue weighted by molar-refractivity contribution is 5.93. The predicted molar refractivity (Wildman–Crippen MR) is 80.2 cm³/mol. The molecule has 2 N–H and O–H groups in total. The lowest BCUT2D eigenvalue weighted by Gasteiger charge is -2.20. The first-order chi connectivity index (χ1) is 10.6. The number of para-hydroxylation sites is 2. The van der Waals surface area contributed by atoms with E-state index in [0.29, 0.717) is 11.3 Å². The zero-order valence-corrected chi connectivity index (χ0v) is 12.0. The van der Waals surface area contributed by atoms with Crippen molar-refractivity contribution in [2.75, 3.05) is 6.54 Å². The van der Waals surface area contributed by atoms with Crippen LogP contribution in [0.25, 0.3) is 11.0 Å². The molecular formula is C16H15N3O3. The van der Waals surface area contributed by atoms with Crippen LogP contribution in [0.15, 0.2) is 53.3 Å². The van der Waals surface area contributed by atoms with E-state index in [1.165, 1.54) is 12.5 Å². The van der Waals surface area contributed by atoms with Crippen LogP contribution in [0.3, 0.4) is 0 Å². The molecule has 22 heavy (non-hydrogen) atoms. The Labute approximate surface area is 126 Å². The highest BCUT2D eigenvalue weighted by atomic mass is 16.4. The van der Waals surface area contributed by atoms with Gasteiger partial charge in [-0.3, -0.25) is 9.78 Å². The molecule has 0 fully saturated rings. The van der Waals surface area contributed by atoms with E-state index in [9.17, 15) is 9.90 Å². The number of furan rings is 1. The topological polar surface area (TPSA) is 88.2 Å². The van der Waals surface area contributed by atoms with Gasteiger partial charge >= 0.3 is 0 Å². The van der Waals surface area contributed by atoms with E-state index in [1.54, 1.807) is 25.1 Å². The van der Waals surface area contributed by atoms with Crippen molar-refractivity contribution in [2.24, 2.45) is 0 Å². The summed E-state index contributed by atoms with van der Waals surface area (Å²) in [5, 5.41) is 12.9. The maximum atomic E-state index is 12.1. The molecule has 0 aliphatic rings. The molecule has 6 heteroatoms. The molecule has 0 radical (unpaired) electrons. The number of benzene rings is 1. The normalized spacial score (nSPS) is 13.7. The summed E-state index contributed by atoms with van der Waals surface area (Å²) in [5.41, 5.74) is 0.284. The summed E-state index contributed by atoms with van der Waals surface area (Å²) in [6.07, 6.45) is 2.89. The van der Waals surface area contributed by atoms with Gasteiger partial charge in [0.15, 0.2) is 0 Å². The molecule has 3 aromatic rings. The van der Waals surface area contributed by atoms with E-state index in [0.717, 1.165) is 5.52 Å². The third-order valence-electron chi connectivity index (χ3n) is 3.33. The number of rotatable bonds is 4. The lowest BCUT2D eigenvalue weighted by Crippen LogP contribution is -2.38. The summed E-state index contributed by atoms with van der Waals surface area (Å²) in [6.45, 7) is 1.58. The summed E-state index contributed by atoms with van der Waals surface area (Å²) in [6, 6.07) is 10.6. The van der Waals surface area contributed by atoms with Crippen LogP contribution in [-0.4, -0.2) is 27.5 Å². The molecule has 0 spiro atoms. The Morgan fingerprint density at radius 2 is 2.05 bits per heavy atom. The Bertz CT molecular complexity index is 797. The standard InChI is InChI=1S/C16H15N3O3/c1-16(21,14-7-4-8-22-14)10-18-15(20)13-9-17-11-5-2-3-6-12(11)19-13/h2-9,21H,10H2,1H3,(H,18,20)/t16-/m1/s1. The van der Waals surface area contributed by atoms with Gasteiger partial charge in [-0.15, -0.1) is 0 Å². The van der Waals surface area contributed by atoms with Gasteiger partial charge < -0.3 is 14.8 Å². The first-order valence-corrected chi connectivity index (χ1v) is 6.83. The van der Waals surface area contributed by atoms with Crippen LogP contribution in [0, 0.1) is 0 Å². The number of hydrogen-bond acceptors (Lipinski definition) is 5. The second kappa shape index (κ2) is 5.57. The molecule has 0 saturated carbocycles. The number of aliphatic hydroxyl groups is 1. The molecule has 1 atom stereocenters. The van der Waals surface area contributed by atoms with Crippen LogP contribution in [0.4, 0.5) is 0 Å². The molecule has 112 valence electrons. The van der Waals surface area contributed by atoms with E-state index in [4.69, 9.17) is 4.42 Å². The number of amides is 1. The predicted octanol–water partition coefficient (Wildman–Crippen LogP) is 1.86. The van der Waals surface area contributed by atoms with Gasteiger partial charge in [0.05, 0.1) is 30.0 Å². The number of carbonyl (C=O) groups is 1. The smallest absolute Gasteiger partial charge is 0.271 e. The van der Waals surface area contributed by atoms with Crippen molar-refractivity contribution in [2.45, 2.75) is 12.5 Å². The van der Waals surface area contributed by atoms with E-state index in [2.05, 4.69) is 15.3 Å². The van der Waals surface area contributed by atoms with Gasteiger partial charge in [-0.1, -0.05) is 12.1 Å². The molecule has 0 unspecified atom stereocenters. The van der Waals surface area contributed by atoms with Crippen LogP contribution < -0.4 is 5.32 Å². The lowest BCUT2D eigenvalue weighted by atomic mass is 10.0. The van der Waals surface area contributed by atoms with Gasteiger partial charge in [0, 0.05) is 0 Å². The molecule has 0 aliphatic carbocycles. The largest absolute Gasteiger partial charge is 0.466 e. The third kappa shape index (κ3) is 2.82. The maximum absolute atomic E-state index is 12.1. The third-order valence-corrected chi connectivity index (χ3v) is 3.33. The summed E-state index contributed by atoms with van der Waals surface area (Å²) < 4.78 is 5.16. The average Bonchev–Trinajstić information content (AvgIpc) is 3.07. The van der Waals surface area contributed by atoms with E-state index in [-0.39, 0.29) is 12.2 Å². The SMILES string of the molecule is C[C@@](O)(CNC(=O)c1cnc2ccccc2n1)c1ccco1. The van der Waals surface area contributed by atoms with Crippen molar-refractivity contribution in [3.8, 4) is 0 Å². The summed E-state index contributed by atoms with van der Waals surface area (Å²) in [5.74, 6) is -0.0116. The Hall–Kier alpha value is -2.73.